The van der Waals surface area contributed by atoms with Gasteiger partial charge >= 0.3 is 5.97 Å². The molecule has 0 amide bonds. The highest BCUT2D eigenvalue weighted by molar-refractivity contribution is 5.88. The third-order valence-electron chi connectivity index (χ3n) is 7.84. The highest BCUT2D eigenvalue weighted by atomic mass is 19.1. The molecule has 0 bridgehead atoms. The largest absolute Gasteiger partial charge is 0.478 e. The van der Waals surface area contributed by atoms with Gasteiger partial charge in [0, 0.05) is 11.8 Å². The standard InChI is InChI=1S/C36H25FN4O2/c37-32-21-30(17-18-31(32)35(42)43)40-24-38-33-19-16-25(20-34(33)40)26-22-39-41(23-26)36(27-10-4-1-5-11-27,28-12-6-2-7-13-28)29-14-8-3-9-15-29/h1-24H,(H,42,43). The smallest absolute Gasteiger partial charge is 0.338 e. The molecule has 208 valence electrons. The number of nitrogens with zero attached hydrogens (tertiary/aromatic N) is 4. The summed E-state index contributed by atoms with van der Waals surface area (Å²) < 4.78 is 18.3. The minimum absolute atomic E-state index is 0.375. The van der Waals surface area contributed by atoms with Gasteiger partial charge in [0.1, 0.15) is 17.7 Å². The lowest BCUT2D eigenvalue weighted by molar-refractivity contribution is 0.0692. The Morgan fingerprint density at radius 1 is 0.721 bits per heavy atom. The Morgan fingerprint density at radius 2 is 1.33 bits per heavy atom. The molecule has 0 aliphatic carbocycles. The molecule has 43 heavy (non-hydrogen) atoms. The number of carboxylic acid groups (broad SMARTS) is 1. The Labute approximate surface area is 246 Å². The second-order valence-electron chi connectivity index (χ2n) is 10.3. The molecule has 7 rings (SSSR count). The number of carbonyl (C=O) groups is 1. The second-order valence-corrected chi connectivity index (χ2v) is 10.3. The van der Waals surface area contributed by atoms with Crippen molar-refractivity contribution in [2.24, 2.45) is 0 Å². The first kappa shape index (κ1) is 26.1. The SMILES string of the molecule is O=C(O)c1ccc(-n2cnc3ccc(-c4cnn(C(c5ccccc5)(c5ccccc5)c5ccccc5)c4)cc32)cc1F. The number of benzene rings is 5. The van der Waals surface area contributed by atoms with E-state index in [2.05, 4.69) is 47.6 Å². The molecule has 0 radical (unpaired) electrons. The summed E-state index contributed by atoms with van der Waals surface area (Å²) in [6.07, 6.45) is 5.52. The van der Waals surface area contributed by atoms with Crippen molar-refractivity contribution in [1.82, 2.24) is 19.3 Å². The van der Waals surface area contributed by atoms with Crippen molar-refractivity contribution < 1.29 is 14.3 Å². The van der Waals surface area contributed by atoms with E-state index in [1.54, 1.807) is 17.0 Å². The zero-order valence-corrected chi connectivity index (χ0v) is 22.9. The molecule has 7 aromatic rings. The molecule has 0 aliphatic rings. The molecular formula is C36H25FN4O2. The Kier molecular flexibility index (Phi) is 6.40. The lowest BCUT2D eigenvalue weighted by Crippen LogP contribution is -2.38. The predicted octanol–water partition coefficient (Wildman–Crippen LogP) is 7.57. The van der Waals surface area contributed by atoms with Crippen molar-refractivity contribution in [3.63, 3.8) is 0 Å². The number of hydrogen-bond donors (Lipinski definition) is 1. The van der Waals surface area contributed by atoms with E-state index in [0.717, 1.165) is 38.9 Å². The second kappa shape index (κ2) is 10.5. The molecule has 0 aliphatic heterocycles. The van der Waals surface area contributed by atoms with E-state index in [0.29, 0.717) is 5.69 Å². The van der Waals surface area contributed by atoms with E-state index >= 15 is 0 Å². The fourth-order valence-electron chi connectivity index (χ4n) is 5.81. The summed E-state index contributed by atoms with van der Waals surface area (Å²) in [6, 6.07) is 41.0. The Hall–Kier alpha value is -5.82. The number of halogens is 1. The van der Waals surface area contributed by atoms with Crippen LogP contribution in [0.5, 0.6) is 0 Å². The van der Waals surface area contributed by atoms with Gasteiger partial charge in [0.05, 0.1) is 28.5 Å². The van der Waals surface area contributed by atoms with Crippen molar-refractivity contribution in [2.45, 2.75) is 5.54 Å². The zero-order chi connectivity index (χ0) is 29.4. The number of imidazole rings is 1. The molecule has 1 N–H and O–H groups in total. The maximum Gasteiger partial charge on any atom is 0.338 e. The van der Waals surface area contributed by atoms with E-state index in [9.17, 15) is 14.3 Å². The monoisotopic (exact) mass is 564 g/mol. The molecule has 0 saturated heterocycles. The number of rotatable bonds is 7. The van der Waals surface area contributed by atoms with Gasteiger partial charge in [-0.05, 0) is 52.6 Å². The number of aromatic carboxylic acids is 1. The van der Waals surface area contributed by atoms with E-state index < -0.39 is 17.3 Å². The van der Waals surface area contributed by atoms with Crippen LogP contribution in [-0.4, -0.2) is 30.4 Å². The van der Waals surface area contributed by atoms with Gasteiger partial charge in [0.15, 0.2) is 0 Å². The van der Waals surface area contributed by atoms with Gasteiger partial charge in [0.2, 0.25) is 0 Å². The molecule has 2 aromatic heterocycles. The molecule has 5 aromatic carbocycles. The summed E-state index contributed by atoms with van der Waals surface area (Å²) in [5, 5.41) is 14.2. The highest BCUT2D eigenvalue weighted by Crippen LogP contribution is 2.41. The van der Waals surface area contributed by atoms with Crippen LogP contribution in [0.2, 0.25) is 0 Å². The average molecular weight is 565 g/mol. The van der Waals surface area contributed by atoms with Crippen LogP contribution in [0.4, 0.5) is 4.39 Å². The molecule has 0 atom stereocenters. The number of hydrogen-bond acceptors (Lipinski definition) is 3. The molecule has 0 spiro atoms. The van der Waals surface area contributed by atoms with Crippen LogP contribution in [0.25, 0.3) is 27.8 Å². The first-order valence-electron chi connectivity index (χ1n) is 13.8. The van der Waals surface area contributed by atoms with E-state index in [4.69, 9.17) is 5.10 Å². The van der Waals surface area contributed by atoms with Crippen LogP contribution in [-0.2, 0) is 5.54 Å². The van der Waals surface area contributed by atoms with Crippen molar-refractivity contribution in [1.29, 1.82) is 0 Å². The van der Waals surface area contributed by atoms with Crippen LogP contribution in [0, 0.1) is 5.82 Å². The Bertz CT molecular complexity index is 1970. The molecular weight excluding hydrogens is 539 g/mol. The van der Waals surface area contributed by atoms with Gasteiger partial charge in [-0.15, -0.1) is 0 Å². The first-order valence-corrected chi connectivity index (χ1v) is 13.8. The Balaban J connectivity index is 1.39. The molecule has 0 saturated carbocycles. The average Bonchev–Trinajstić information content (AvgIpc) is 3.71. The molecule has 7 heteroatoms. The van der Waals surface area contributed by atoms with Crippen LogP contribution in [0.1, 0.15) is 27.0 Å². The van der Waals surface area contributed by atoms with Crippen molar-refractivity contribution in [2.75, 3.05) is 0 Å². The lowest BCUT2D eigenvalue weighted by Gasteiger charge is -2.36. The topological polar surface area (TPSA) is 72.9 Å². The molecule has 2 heterocycles. The van der Waals surface area contributed by atoms with Crippen molar-refractivity contribution in [3.05, 3.63) is 174 Å². The minimum atomic E-state index is -1.31. The van der Waals surface area contributed by atoms with Gasteiger partial charge in [-0.2, -0.15) is 5.10 Å². The lowest BCUT2D eigenvalue weighted by atomic mass is 9.77. The van der Waals surface area contributed by atoms with E-state index in [-0.39, 0.29) is 5.56 Å². The van der Waals surface area contributed by atoms with Gasteiger partial charge in [-0.3, -0.25) is 9.25 Å². The number of carboxylic acids is 1. The zero-order valence-electron chi connectivity index (χ0n) is 22.9. The van der Waals surface area contributed by atoms with E-state index in [1.165, 1.54) is 12.1 Å². The van der Waals surface area contributed by atoms with Crippen LogP contribution < -0.4 is 0 Å². The third kappa shape index (κ3) is 4.38. The quantitative estimate of drug-likeness (QED) is 0.203. The maximum absolute atomic E-state index is 14.5. The summed E-state index contributed by atoms with van der Waals surface area (Å²) in [6.45, 7) is 0. The van der Waals surface area contributed by atoms with Gasteiger partial charge in [0.25, 0.3) is 0 Å². The first-order chi connectivity index (χ1) is 21.1. The van der Waals surface area contributed by atoms with Crippen LogP contribution in [0.15, 0.2) is 146 Å². The van der Waals surface area contributed by atoms with Crippen molar-refractivity contribution >= 4 is 17.0 Å². The fraction of sp³-hybridized carbons (Fsp3) is 0.0278. The normalized spacial score (nSPS) is 11.6. The molecule has 6 nitrogen and oxygen atoms in total. The van der Waals surface area contributed by atoms with Gasteiger partial charge in [-0.25, -0.2) is 14.2 Å². The molecule has 0 unspecified atom stereocenters. The van der Waals surface area contributed by atoms with Crippen LogP contribution >= 0.6 is 0 Å². The van der Waals surface area contributed by atoms with Crippen molar-refractivity contribution in [3.8, 4) is 16.8 Å². The fourth-order valence-corrected chi connectivity index (χ4v) is 5.81. The molecule has 0 fully saturated rings. The summed E-state index contributed by atoms with van der Waals surface area (Å²) in [4.78, 5) is 15.8. The minimum Gasteiger partial charge on any atom is -0.478 e. The predicted molar refractivity (Wildman–Crippen MR) is 164 cm³/mol. The Morgan fingerprint density at radius 3 is 1.88 bits per heavy atom. The van der Waals surface area contributed by atoms with Gasteiger partial charge < -0.3 is 5.11 Å². The maximum atomic E-state index is 14.5. The summed E-state index contributed by atoms with van der Waals surface area (Å²) >= 11 is 0. The van der Waals surface area contributed by atoms with E-state index in [1.807, 2.05) is 83.7 Å². The summed E-state index contributed by atoms with van der Waals surface area (Å²) in [7, 11) is 0. The summed E-state index contributed by atoms with van der Waals surface area (Å²) in [5.74, 6) is -2.11. The summed E-state index contributed by atoms with van der Waals surface area (Å²) in [5.41, 5.74) is 5.87. The third-order valence-corrected chi connectivity index (χ3v) is 7.84. The number of fused-ring (bicyclic) bond motifs is 1. The number of aromatic nitrogens is 4. The highest BCUT2D eigenvalue weighted by Gasteiger charge is 2.39. The van der Waals surface area contributed by atoms with Crippen LogP contribution in [0.3, 0.4) is 0 Å². The van der Waals surface area contributed by atoms with Gasteiger partial charge in [-0.1, -0.05) is 97.1 Å².